The maximum Gasteiger partial charge on any atom is 0.0671 e. The largest absolute Gasteiger partial charge is 0.313 e. The van der Waals surface area contributed by atoms with Crippen LogP contribution in [0.3, 0.4) is 0 Å². The average molecular weight is 208 g/mol. The number of nitrogens with zero attached hydrogens (tertiary/aromatic N) is 1. The first-order valence-corrected chi connectivity index (χ1v) is 6.37. The van der Waals surface area contributed by atoms with Crippen molar-refractivity contribution in [2.24, 2.45) is 11.8 Å². The van der Waals surface area contributed by atoms with Crippen LogP contribution in [-0.2, 0) is 0 Å². The molecular weight excluding hydrogens is 184 g/mol. The second kappa shape index (κ2) is 6.85. The van der Waals surface area contributed by atoms with Crippen LogP contribution in [0.1, 0.15) is 52.4 Å². The summed E-state index contributed by atoms with van der Waals surface area (Å²) in [5.41, 5.74) is 0. The molecule has 86 valence electrons. The second-order valence-electron chi connectivity index (χ2n) is 5.08. The monoisotopic (exact) mass is 208 g/mol. The Labute approximate surface area is 94.1 Å². The molecule has 0 bridgehead atoms. The molecule has 0 aromatic carbocycles. The van der Waals surface area contributed by atoms with E-state index in [0.29, 0.717) is 12.0 Å². The summed E-state index contributed by atoms with van der Waals surface area (Å²) in [6.07, 6.45) is 8.10. The second-order valence-corrected chi connectivity index (χ2v) is 5.08. The van der Waals surface area contributed by atoms with Crippen LogP contribution in [0.25, 0.3) is 0 Å². The first kappa shape index (κ1) is 12.5. The summed E-state index contributed by atoms with van der Waals surface area (Å²) in [4.78, 5) is 0. The fourth-order valence-corrected chi connectivity index (χ4v) is 2.21. The van der Waals surface area contributed by atoms with Crippen LogP contribution in [0.15, 0.2) is 0 Å². The minimum Gasteiger partial charge on any atom is -0.313 e. The normalized spacial score (nSPS) is 20.9. The van der Waals surface area contributed by atoms with Gasteiger partial charge >= 0.3 is 0 Å². The van der Waals surface area contributed by atoms with Gasteiger partial charge in [-0.05, 0) is 18.8 Å². The molecule has 0 heterocycles. The molecule has 2 nitrogen and oxygen atoms in total. The third kappa shape index (κ3) is 4.66. The molecule has 0 amide bonds. The van der Waals surface area contributed by atoms with Crippen LogP contribution in [0.2, 0.25) is 0 Å². The third-order valence-corrected chi connectivity index (χ3v) is 3.45. The van der Waals surface area contributed by atoms with Gasteiger partial charge in [0.15, 0.2) is 0 Å². The number of hydrogen-bond acceptors (Lipinski definition) is 2. The molecule has 0 spiro atoms. The van der Waals surface area contributed by atoms with Crippen LogP contribution in [0.4, 0.5) is 0 Å². The number of rotatable bonds is 4. The molecule has 1 atom stereocenters. The summed E-state index contributed by atoms with van der Waals surface area (Å²) < 4.78 is 0. The van der Waals surface area contributed by atoms with E-state index in [1.807, 2.05) is 0 Å². The molecule has 1 fully saturated rings. The summed E-state index contributed by atoms with van der Waals surface area (Å²) in [5, 5.41) is 12.6. The van der Waals surface area contributed by atoms with Gasteiger partial charge in [0.05, 0.1) is 12.0 Å². The van der Waals surface area contributed by atoms with Crippen molar-refractivity contribution >= 4 is 0 Å². The Morgan fingerprint density at radius 1 is 1.20 bits per heavy atom. The predicted molar refractivity (Wildman–Crippen MR) is 63.4 cm³/mol. The van der Waals surface area contributed by atoms with Crippen molar-refractivity contribution in [3.05, 3.63) is 0 Å². The van der Waals surface area contributed by atoms with Gasteiger partial charge in [0.1, 0.15) is 0 Å². The number of nitriles is 1. The van der Waals surface area contributed by atoms with Gasteiger partial charge in [-0.3, -0.25) is 0 Å². The van der Waals surface area contributed by atoms with E-state index >= 15 is 0 Å². The van der Waals surface area contributed by atoms with Gasteiger partial charge in [-0.1, -0.05) is 39.5 Å². The van der Waals surface area contributed by atoms with Gasteiger partial charge in [-0.25, -0.2) is 0 Å². The van der Waals surface area contributed by atoms with E-state index in [9.17, 15) is 0 Å². The maximum atomic E-state index is 8.99. The Kier molecular flexibility index (Phi) is 5.71. The fraction of sp³-hybridized carbons (Fsp3) is 0.923. The highest BCUT2D eigenvalue weighted by atomic mass is 14.9. The van der Waals surface area contributed by atoms with Crippen LogP contribution < -0.4 is 5.32 Å². The average Bonchev–Trinajstić information content (AvgIpc) is 2.46. The SMILES string of the molecule is CC(C)C(C#N)CNC1CCCCCC1. The smallest absolute Gasteiger partial charge is 0.0671 e. The van der Waals surface area contributed by atoms with Crippen LogP contribution in [0, 0.1) is 23.2 Å². The topological polar surface area (TPSA) is 35.8 Å². The Morgan fingerprint density at radius 3 is 2.27 bits per heavy atom. The van der Waals surface area contributed by atoms with Crippen molar-refractivity contribution in [1.82, 2.24) is 5.32 Å². The van der Waals surface area contributed by atoms with Gasteiger partial charge in [-0.15, -0.1) is 0 Å². The quantitative estimate of drug-likeness (QED) is 0.721. The summed E-state index contributed by atoms with van der Waals surface area (Å²) in [6.45, 7) is 5.13. The van der Waals surface area contributed by atoms with Crippen molar-refractivity contribution in [1.29, 1.82) is 5.26 Å². The van der Waals surface area contributed by atoms with Gasteiger partial charge in [0, 0.05) is 12.6 Å². The molecular formula is C13H24N2. The van der Waals surface area contributed by atoms with Crippen LogP contribution in [-0.4, -0.2) is 12.6 Å². The summed E-state index contributed by atoms with van der Waals surface area (Å²) >= 11 is 0. The highest BCUT2D eigenvalue weighted by Crippen LogP contribution is 2.18. The van der Waals surface area contributed by atoms with Crippen molar-refractivity contribution in [3.8, 4) is 6.07 Å². The van der Waals surface area contributed by atoms with Crippen LogP contribution in [0.5, 0.6) is 0 Å². The molecule has 1 aliphatic carbocycles. The molecule has 2 heteroatoms. The van der Waals surface area contributed by atoms with Crippen LogP contribution >= 0.6 is 0 Å². The fourth-order valence-electron chi connectivity index (χ4n) is 2.21. The minimum atomic E-state index is 0.174. The van der Waals surface area contributed by atoms with Gasteiger partial charge < -0.3 is 5.32 Å². The molecule has 0 radical (unpaired) electrons. The Bertz CT molecular complexity index is 197. The molecule has 1 unspecified atom stereocenters. The van der Waals surface area contributed by atoms with Crippen molar-refractivity contribution < 1.29 is 0 Å². The first-order chi connectivity index (χ1) is 7.24. The Balaban J connectivity index is 2.25. The van der Waals surface area contributed by atoms with E-state index in [0.717, 1.165) is 6.54 Å². The Morgan fingerprint density at radius 2 is 1.80 bits per heavy atom. The van der Waals surface area contributed by atoms with E-state index in [4.69, 9.17) is 5.26 Å². The molecule has 1 N–H and O–H groups in total. The van der Waals surface area contributed by atoms with Gasteiger partial charge in [-0.2, -0.15) is 5.26 Å². The Hall–Kier alpha value is -0.550. The molecule has 1 aliphatic rings. The van der Waals surface area contributed by atoms with E-state index < -0.39 is 0 Å². The van der Waals surface area contributed by atoms with Crippen molar-refractivity contribution in [2.45, 2.75) is 58.4 Å². The molecule has 1 rings (SSSR count). The maximum absolute atomic E-state index is 8.99. The van der Waals surface area contributed by atoms with Crippen molar-refractivity contribution in [2.75, 3.05) is 6.54 Å². The molecule has 1 saturated carbocycles. The highest BCUT2D eigenvalue weighted by Gasteiger charge is 2.16. The molecule has 0 aliphatic heterocycles. The predicted octanol–water partition coefficient (Wildman–Crippen LogP) is 3.09. The van der Waals surface area contributed by atoms with Gasteiger partial charge in [0.25, 0.3) is 0 Å². The standard InChI is InChI=1S/C13H24N2/c1-11(2)12(9-14)10-15-13-7-5-3-4-6-8-13/h11-13,15H,3-8,10H2,1-2H3. The summed E-state index contributed by atoms with van der Waals surface area (Å²) in [5.74, 6) is 0.640. The molecule has 0 aromatic heterocycles. The lowest BCUT2D eigenvalue weighted by atomic mass is 9.97. The zero-order chi connectivity index (χ0) is 11.1. The van der Waals surface area contributed by atoms with Crippen molar-refractivity contribution in [3.63, 3.8) is 0 Å². The minimum absolute atomic E-state index is 0.174. The van der Waals surface area contributed by atoms with E-state index in [2.05, 4.69) is 25.2 Å². The van der Waals surface area contributed by atoms with Gasteiger partial charge in [0.2, 0.25) is 0 Å². The van der Waals surface area contributed by atoms with E-state index in [1.165, 1.54) is 38.5 Å². The highest BCUT2D eigenvalue weighted by molar-refractivity contribution is 4.87. The third-order valence-electron chi connectivity index (χ3n) is 3.45. The van der Waals surface area contributed by atoms with E-state index in [-0.39, 0.29) is 5.92 Å². The van der Waals surface area contributed by atoms with E-state index in [1.54, 1.807) is 0 Å². The molecule has 15 heavy (non-hydrogen) atoms. The number of hydrogen-bond donors (Lipinski definition) is 1. The summed E-state index contributed by atoms with van der Waals surface area (Å²) in [6, 6.07) is 3.06. The summed E-state index contributed by atoms with van der Waals surface area (Å²) in [7, 11) is 0. The lowest BCUT2D eigenvalue weighted by Crippen LogP contribution is -2.34. The first-order valence-electron chi connectivity index (χ1n) is 6.37. The lowest BCUT2D eigenvalue weighted by Gasteiger charge is -2.20. The molecule has 0 saturated heterocycles. The zero-order valence-electron chi connectivity index (χ0n) is 10.1. The molecule has 0 aromatic rings. The zero-order valence-corrected chi connectivity index (χ0v) is 10.1. The lowest BCUT2D eigenvalue weighted by molar-refractivity contribution is 0.385. The number of nitrogens with one attached hydrogen (secondary N) is 1.